The van der Waals surface area contributed by atoms with Crippen molar-refractivity contribution in [3.8, 4) is 0 Å². The third-order valence-electron chi connectivity index (χ3n) is 6.35. The number of carbonyl (C=O) groups excluding carboxylic acids is 1. The van der Waals surface area contributed by atoms with E-state index in [4.69, 9.17) is 0 Å². The minimum atomic E-state index is 0.329. The van der Waals surface area contributed by atoms with Gasteiger partial charge in [0.15, 0.2) is 5.78 Å². The second-order valence-electron chi connectivity index (χ2n) is 8.65. The third-order valence-corrected chi connectivity index (χ3v) is 6.35. The van der Waals surface area contributed by atoms with E-state index in [2.05, 4.69) is 67.3 Å². The highest BCUT2D eigenvalue weighted by molar-refractivity contribution is 5.96. The topological polar surface area (TPSA) is 20.3 Å². The lowest BCUT2D eigenvalue weighted by Gasteiger charge is -2.19. The molecule has 0 amide bonds. The van der Waals surface area contributed by atoms with Gasteiger partial charge in [0, 0.05) is 31.6 Å². The van der Waals surface area contributed by atoms with E-state index in [9.17, 15) is 4.79 Å². The average Bonchev–Trinajstić information content (AvgIpc) is 2.95. The SMILES string of the molecule is CCCC(CCC)CCC(=O)c1ccc2c(c1)CCN(Cc1ccccc1)CC2. The van der Waals surface area contributed by atoms with Crippen LogP contribution in [0.3, 0.4) is 0 Å². The molecule has 2 nitrogen and oxygen atoms in total. The molecule has 0 spiro atoms. The van der Waals surface area contributed by atoms with Gasteiger partial charge in [-0.15, -0.1) is 0 Å². The summed E-state index contributed by atoms with van der Waals surface area (Å²) in [7, 11) is 0. The van der Waals surface area contributed by atoms with Crippen molar-refractivity contribution in [3.05, 3.63) is 70.8 Å². The van der Waals surface area contributed by atoms with Gasteiger partial charge in [-0.05, 0) is 47.9 Å². The molecule has 29 heavy (non-hydrogen) atoms. The van der Waals surface area contributed by atoms with Gasteiger partial charge in [-0.1, -0.05) is 82.0 Å². The van der Waals surface area contributed by atoms with Crippen LogP contribution in [0.4, 0.5) is 0 Å². The number of hydrogen-bond acceptors (Lipinski definition) is 2. The van der Waals surface area contributed by atoms with Gasteiger partial charge in [-0.3, -0.25) is 9.69 Å². The number of hydrogen-bond donors (Lipinski definition) is 0. The zero-order valence-corrected chi connectivity index (χ0v) is 18.3. The number of fused-ring (bicyclic) bond motifs is 1. The molecule has 0 aromatic heterocycles. The lowest BCUT2D eigenvalue weighted by atomic mass is 9.90. The number of ketones is 1. The summed E-state index contributed by atoms with van der Waals surface area (Å²) in [4.78, 5) is 15.4. The molecule has 2 aromatic rings. The van der Waals surface area contributed by atoms with Crippen LogP contribution in [0.2, 0.25) is 0 Å². The van der Waals surface area contributed by atoms with Crippen molar-refractivity contribution >= 4 is 5.78 Å². The Labute approximate surface area is 177 Å². The molecule has 3 rings (SSSR count). The molecule has 0 saturated carbocycles. The molecule has 1 aliphatic heterocycles. The van der Waals surface area contributed by atoms with Crippen molar-refractivity contribution in [2.75, 3.05) is 13.1 Å². The van der Waals surface area contributed by atoms with E-state index in [1.807, 2.05) is 0 Å². The maximum absolute atomic E-state index is 12.8. The first-order valence-electron chi connectivity index (χ1n) is 11.6. The smallest absolute Gasteiger partial charge is 0.162 e. The second kappa shape index (κ2) is 11.3. The Bertz CT molecular complexity index is 761. The van der Waals surface area contributed by atoms with Crippen LogP contribution in [0.5, 0.6) is 0 Å². The molecule has 2 heteroatoms. The van der Waals surface area contributed by atoms with Crippen molar-refractivity contribution in [1.82, 2.24) is 4.90 Å². The van der Waals surface area contributed by atoms with Gasteiger partial charge in [-0.2, -0.15) is 0 Å². The fourth-order valence-corrected chi connectivity index (χ4v) is 4.67. The summed E-state index contributed by atoms with van der Waals surface area (Å²) in [6, 6.07) is 17.2. The Morgan fingerprint density at radius 3 is 2.28 bits per heavy atom. The van der Waals surface area contributed by atoms with E-state index >= 15 is 0 Å². The van der Waals surface area contributed by atoms with Crippen LogP contribution in [0.25, 0.3) is 0 Å². The Morgan fingerprint density at radius 2 is 1.59 bits per heavy atom. The van der Waals surface area contributed by atoms with Crippen molar-refractivity contribution in [2.45, 2.75) is 71.8 Å². The van der Waals surface area contributed by atoms with E-state index in [0.29, 0.717) is 18.1 Å². The zero-order valence-electron chi connectivity index (χ0n) is 18.3. The third kappa shape index (κ3) is 6.54. The van der Waals surface area contributed by atoms with Crippen molar-refractivity contribution in [1.29, 1.82) is 0 Å². The van der Waals surface area contributed by atoms with Gasteiger partial charge >= 0.3 is 0 Å². The summed E-state index contributed by atoms with van der Waals surface area (Å²) in [6.45, 7) is 7.66. The van der Waals surface area contributed by atoms with Crippen molar-refractivity contribution in [3.63, 3.8) is 0 Å². The molecule has 0 saturated heterocycles. The monoisotopic (exact) mass is 391 g/mol. The Hall–Kier alpha value is -1.93. The van der Waals surface area contributed by atoms with Crippen LogP contribution < -0.4 is 0 Å². The summed E-state index contributed by atoms with van der Waals surface area (Å²) in [5.74, 6) is 1.04. The minimum Gasteiger partial charge on any atom is -0.298 e. The quantitative estimate of drug-likeness (QED) is 0.433. The second-order valence-corrected chi connectivity index (χ2v) is 8.65. The summed E-state index contributed by atoms with van der Waals surface area (Å²) < 4.78 is 0. The maximum Gasteiger partial charge on any atom is 0.162 e. The molecule has 1 heterocycles. The van der Waals surface area contributed by atoms with E-state index in [1.165, 1.54) is 42.4 Å². The lowest BCUT2D eigenvalue weighted by Crippen LogP contribution is -2.25. The summed E-state index contributed by atoms with van der Waals surface area (Å²) in [6.07, 6.45) is 8.80. The Kier molecular flexibility index (Phi) is 8.49. The lowest BCUT2D eigenvalue weighted by molar-refractivity contribution is 0.0972. The molecule has 0 radical (unpaired) electrons. The minimum absolute atomic E-state index is 0.329. The first kappa shape index (κ1) is 21.8. The molecular weight excluding hydrogens is 354 g/mol. The predicted octanol–water partition coefficient (Wildman–Crippen LogP) is 6.47. The Balaban J connectivity index is 1.58. The van der Waals surface area contributed by atoms with Gasteiger partial charge in [0.2, 0.25) is 0 Å². The normalized spacial score (nSPS) is 14.6. The number of benzene rings is 2. The molecule has 2 aromatic carbocycles. The standard InChI is InChI=1S/C27H37NO/c1-3-8-22(9-4-2)12-15-27(29)26-14-13-24-16-18-28(19-17-25(24)20-26)21-23-10-6-5-7-11-23/h5-7,10-11,13-14,20,22H,3-4,8-9,12,15-19,21H2,1-2H3. The first-order chi connectivity index (χ1) is 14.2. The average molecular weight is 392 g/mol. The van der Waals surface area contributed by atoms with Crippen LogP contribution in [-0.4, -0.2) is 23.8 Å². The van der Waals surface area contributed by atoms with E-state index in [1.54, 1.807) is 0 Å². The number of rotatable bonds is 10. The molecule has 0 atom stereocenters. The van der Waals surface area contributed by atoms with Crippen molar-refractivity contribution < 1.29 is 4.79 Å². The molecule has 0 unspecified atom stereocenters. The number of Topliss-reactive ketones (excluding diaryl/α,β-unsaturated/α-hetero) is 1. The highest BCUT2D eigenvalue weighted by Gasteiger charge is 2.17. The molecule has 0 N–H and O–H groups in total. The molecule has 156 valence electrons. The van der Waals surface area contributed by atoms with Gasteiger partial charge < -0.3 is 0 Å². The first-order valence-corrected chi connectivity index (χ1v) is 11.6. The molecule has 0 bridgehead atoms. The summed E-state index contributed by atoms with van der Waals surface area (Å²) >= 11 is 0. The van der Waals surface area contributed by atoms with Crippen molar-refractivity contribution in [2.24, 2.45) is 5.92 Å². The maximum atomic E-state index is 12.8. The van der Waals surface area contributed by atoms with E-state index in [-0.39, 0.29) is 0 Å². The summed E-state index contributed by atoms with van der Waals surface area (Å²) in [5.41, 5.74) is 5.10. The largest absolute Gasteiger partial charge is 0.298 e. The molecule has 0 fully saturated rings. The van der Waals surface area contributed by atoms with Crippen LogP contribution in [0.15, 0.2) is 48.5 Å². The number of carbonyl (C=O) groups is 1. The van der Waals surface area contributed by atoms with Crippen LogP contribution >= 0.6 is 0 Å². The molecular formula is C27H37NO. The van der Waals surface area contributed by atoms with Gasteiger partial charge in [0.05, 0.1) is 0 Å². The number of nitrogens with zero attached hydrogens (tertiary/aromatic N) is 1. The Morgan fingerprint density at radius 1 is 0.897 bits per heavy atom. The molecule has 1 aliphatic rings. The van der Waals surface area contributed by atoms with Gasteiger partial charge in [0.25, 0.3) is 0 Å². The highest BCUT2D eigenvalue weighted by atomic mass is 16.1. The predicted molar refractivity (Wildman–Crippen MR) is 122 cm³/mol. The van der Waals surface area contributed by atoms with Crippen LogP contribution in [0, 0.1) is 5.92 Å². The zero-order chi connectivity index (χ0) is 20.5. The van der Waals surface area contributed by atoms with Crippen LogP contribution in [0.1, 0.15) is 79.4 Å². The van der Waals surface area contributed by atoms with Gasteiger partial charge in [0.1, 0.15) is 0 Å². The van der Waals surface area contributed by atoms with E-state index < -0.39 is 0 Å². The summed E-state index contributed by atoms with van der Waals surface area (Å²) in [5, 5.41) is 0. The van der Waals surface area contributed by atoms with Gasteiger partial charge in [-0.25, -0.2) is 0 Å². The highest BCUT2D eigenvalue weighted by Crippen LogP contribution is 2.23. The fraction of sp³-hybridized carbons (Fsp3) is 0.519. The fourth-order valence-electron chi connectivity index (χ4n) is 4.67. The van der Waals surface area contributed by atoms with E-state index in [0.717, 1.165) is 44.5 Å². The van der Waals surface area contributed by atoms with Crippen LogP contribution in [-0.2, 0) is 19.4 Å². The molecule has 0 aliphatic carbocycles.